The highest BCUT2D eigenvalue weighted by molar-refractivity contribution is 5.76. The summed E-state index contributed by atoms with van der Waals surface area (Å²) in [6, 6.07) is 9.08. The first kappa shape index (κ1) is 15.5. The number of nitro groups is 1. The normalized spacial score (nSPS) is 20.0. The quantitative estimate of drug-likeness (QED) is 0.439. The third-order valence-electron chi connectivity index (χ3n) is 5.12. The van der Waals surface area contributed by atoms with Gasteiger partial charge in [0, 0.05) is 35.5 Å². The number of fused-ring (bicyclic) bond motifs is 1. The lowest BCUT2D eigenvalue weighted by Crippen LogP contribution is -2.33. The van der Waals surface area contributed by atoms with Gasteiger partial charge in [0.15, 0.2) is 0 Å². The van der Waals surface area contributed by atoms with E-state index in [0.29, 0.717) is 0 Å². The van der Waals surface area contributed by atoms with Gasteiger partial charge in [-0.2, -0.15) is 0 Å². The summed E-state index contributed by atoms with van der Waals surface area (Å²) in [4.78, 5) is 11.1. The van der Waals surface area contributed by atoms with Crippen LogP contribution in [0, 0.1) is 10.1 Å². The predicted molar refractivity (Wildman–Crippen MR) is 92.5 cm³/mol. The van der Waals surface area contributed by atoms with Crippen molar-refractivity contribution in [2.75, 3.05) is 0 Å². The maximum Gasteiger partial charge on any atom is 0.277 e. The molecule has 4 heteroatoms. The van der Waals surface area contributed by atoms with E-state index in [-0.39, 0.29) is 16.0 Å². The monoisotopic (exact) mass is 310 g/mol. The maximum absolute atomic E-state index is 11.4. The highest BCUT2D eigenvalue weighted by atomic mass is 16.6. The molecule has 0 aliphatic carbocycles. The van der Waals surface area contributed by atoms with Gasteiger partial charge >= 0.3 is 0 Å². The van der Waals surface area contributed by atoms with Crippen molar-refractivity contribution in [2.24, 2.45) is 0 Å². The summed E-state index contributed by atoms with van der Waals surface area (Å²) in [7, 11) is 0. The van der Waals surface area contributed by atoms with Crippen LogP contribution in [-0.2, 0) is 12.0 Å². The van der Waals surface area contributed by atoms with Crippen LogP contribution in [0.1, 0.15) is 38.3 Å². The Hall–Kier alpha value is -2.36. The Balaban J connectivity index is 2.23. The van der Waals surface area contributed by atoms with Crippen LogP contribution in [0.3, 0.4) is 0 Å². The molecule has 1 aliphatic heterocycles. The maximum atomic E-state index is 11.4. The number of aryl methyl sites for hydroxylation is 1. The van der Waals surface area contributed by atoms with E-state index >= 15 is 0 Å². The summed E-state index contributed by atoms with van der Waals surface area (Å²) in [5.41, 5.74) is 3.16. The van der Waals surface area contributed by atoms with Gasteiger partial charge in [0.1, 0.15) is 0 Å². The lowest BCUT2D eigenvalue weighted by Gasteiger charge is -2.38. The van der Waals surface area contributed by atoms with Crippen molar-refractivity contribution in [1.82, 2.24) is 4.57 Å². The number of nitrogens with zero attached hydrogens (tertiary/aromatic N) is 2. The van der Waals surface area contributed by atoms with E-state index in [4.69, 9.17) is 0 Å². The number of rotatable bonds is 5. The second-order valence-electron chi connectivity index (χ2n) is 6.28. The van der Waals surface area contributed by atoms with Crippen LogP contribution in [-0.4, -0.2) is 9.49 Å². The van der Waals surface area contributed by atoms with E-state index in [9.17, 15) is 10.1 Å². The minimum absolute atomic E-state index is 0.0303. The molecular weight excluding hydrogens is 288 g/mol. The Morgan fingerprint density at radius 3 is 2.83 bits per heavy atom. The topological polar surface area (TPSA) is 48.1 Å². The van der Waals surface area contributed by atoms with Gasteiger partial charge in [-0.05, 0) is 37.8 Å². The summed E-state index contributed by atoms with van der Waals surface area (Å²) in [6.45, 7) is 7.12. The fourth-order valence-corrected chi connectivity index (χ4v) is 4.00. The molecule has 0 saturated carbocycles. The van der Waals surface area contributed by atoms with Crippen LogP contribution in [0.2, 0.25) is 0 Å². The van der Waals surface area contributed by atoms with Crippen molar-refractivity contribution in [3.8, 4) is 11.1 Å². The van der Waals surface area contributed by atoms with Crippen molar-refractivity contribution in [2.45, 2.75) is 44.6 Å². The van der Waals surface area contributed by atoms with Crippen LogP contribution in [0.15, 0.2) is 49.2 Å². The number of allylic oxidation sites excluding steroid dienone is 1. The van der Waals surface area contributed by atoms with E-state index in [1.165, 1.54) is 5.69 Å². The molecular formula is C19H22N2O2. The average Bonchev–Trinajstić information content (AvgIpc) is 3.00. The number of aromatic nitrogens is 1. The molecule has 0 N–H and O–H groups in total. The minimum atomic E-state index is -0.288. The second-order valence-corrected chi connectivity index (χ2v) is 6.28. The molecule has 3 rings (SSSR count). The SMILES string of the molecule is C=CCC1(CC)CCCn2ccc(-c3ccccc3[N+](=O)[O-])c21. The van der Waals surface area contributed by atoms with E-state index in [0.717, 1.165) is 43.4 Å². The number of nitro benzene ring substituents is 1. The van der Waals surface area contributed by atoms with Gasteiger partial charge in [-0.1, -0.05) is 25.1 Å². The molecule has 0 fully saturated rings. The highest BCUT2D eigenvalue weighted by Crippen LogP contribution is 2.46. The third-order valence-corrected chi connectivity index (χ3v) is 5.12. The zero-order valence-corrected chi connectivity index (χ0v) is 13.5. The fraction of sp³-hybridized carbons (Fsp3) is 0.368. The molecule has 0 spiro atoms. The molecule has 2 heterocycles. The summed E-state index contributed by atoms with van der Waals surface area (Å²) >= 11 is 0. The van der Waals surface area contributed by atoms with Crippen molar-refractivity contribution in [3.05, 3.63) is 65.0 Å². The molecule has 1 unspecified atom stereocenters. The average molecular weight is 310 g/mol. The molecule has 4 nitrogen and oxygen atoms in total. The van der Waals surface area contributed by atoms with Crippen LogP contribution in [0.25, 0.3) is 11.1 Å². The van der Waals surface area contributed by atoms with E-state index in [1.807, 2.05) is 24.3 Å². The lowest BCUT2D eigenvalue weighted by atomic mass is 9.71. The molecule has 0 amide bonds. The third kappa shape index (κ3) is 2.48. The summed E-state index contributed by atoms with van der Waals surface area (Å²) in [6.07, 6.45) is 8.22. The molecule has 120 valence electrons. The lowest BCUT2D eigenvalue weighted by molar-refractivity contribution is -0.384. The van der Waals surface area contributed by atoms with E-state index in [1.54, 1.807) is 12.1 Å². The van der Waals surface area contributed by atoms with Crippen LogP contribution < -0.4 is 0 Å². The van der Waals surface area contributed by atoms with Gasteiger partial charge in [-0.15, -0.1) is 6.58 Å². The Labute approximate surface area is 136 Å². The van der Waals surface area contributed by atoms with E-state index < -0.39 is 0 Å². The van der Waals surface area contributed by atoms with Crippen LogP contribution in [0.4, 0.5) is 5.69 Å². The molecule has 0 saturated heterocycles. The van der Waals surface area contributed by atoms with Crippen molar-refractivity contribution in [3.63, 3.8) is 0 Å². The zero-order chi connectivity index (χ0) is 16.4. The molecule has 1 aliphatic rings. The molecule has 1 aromatic carbocycles. The van der Waals surface area contributed by atoms with Crippen LogP contribution in [0.5, 0.6) is 0 Å². The van der Waals surface area contributed by atoms with Crippen molar-refractivity contribution < 1.29 is 4.92 Å². The Morgan fingerprint density at radius 1 is 1.35 bits per heavy atom. The molecule has 1 atom stereocenters. The number of para-hydroxylation sites is 1. The molecule has 2 aromatic rings. The van der Waals surface area contributed by atoms with Gasteiger partial charge in [0.25, 0.3) is 5.69 Å². The largest absolute Gasteiger partial charge is 0.350 e. The first-order valence-corrected chi connectivity index (χ1v) is 8.17. The Morgan fingerprint density at radius 2 is 2.13 bits per heavy atom. The molecule has 0 bridgehead atoms. The molecule has 23 heavy (non-hydrogen) atoms. The van der Waals surface area contributed by atoms with Crippen molar-refractivity contribution in [1.29, 1.82) is 0 Å². The summed E-state index contributed by atoms with van der Waals surface area (Å²) in [5.74, 6) is 0. The Kier molecular flexibility index (Phi) is 4.07. The smallest absolute Gasteiger partial charge is 0.277 e. The number of hydrogen-bond donors (Lipinski definition) is 0. The van der Waals surface area contributed by atoms with Gasteiger partial charge in [-0.25, -0.2) is 0 Å². The van der Waals surface area contributed by atoms with Crippen LogP contribution >= 0.6 is 0 Å². The van der Waals surface area contributed by atoms with Gasteiger partial charge in [0.2, 0.25) is 0 Å². The molecule has 0 radical (unpaired) electrons. The standard InChI is InChI=1S/C19H22N2O2/c1-3-11-19(4-2)12-7-13-20-14-10-16(18(19)20)15-8-5-6-9-17(15)21(22)23/h3,5-6,8-10,14H,1,4,7,11-13H2,2H3. The summed E-state index contributed by atoms with van der Waals surface area (Å²) in [5, 5.41) is 11.4. The zero-order valence-electron chi connectivity index (χ0n) is 13.5. The first-order chi connectivity index (χ1) is 11.1. The van der Waals surface area contributed by atoms with Crippen molar-refractivity contribution >= 4 is 5.69 Å². The number of hydrogen-bond acceptors (Lipinski definition) is 2. The summed E-state index contributed by atoms with van der Waals surface area (Å²) < 4.78 is 2.28. The molecule has 1 aromatic heterocycles. The minimum Gasteiger partial charge on any atom is -0.350 e. The fourth-order valence-electron chi connectivity index (χ4n) is 4.00. The van der Waals surface area contributed by atoms with Gasteiger partial charge < -0.3 is 4.57 Å². The highest BCUT2D eigenvalue weighted by Gasteiger charge is 2.37. The second kappa shape index (κ2) is 6.03. The van der Waals surface area contributed by atoms with Gasteiger partial charge in [0.05, 0.1) is 10.5 Å². The van der Waals surface area contributed by atoms with Gasteiger partial charge in [-0.3, -0.25) is 10.1 Å². The predicted octanol–water partition coefficient (Wildman–Crippen LogP) is 5.08. The van der Waals surface area contributed by atoms with E-state index in [2.05, 4.69) is 24.3 Å². The Bertz CT molecular complexity index is 748. The first-order valence-electron chi connectivity index (χ1n) is 8.17. The number of benzene rings is 1.